The molecule has 1 aliphatic heterocycles. The van der Waals surface area contributed by atoms with E-state index in [4.69, 9.17) is 5.11 Å². The van der Waals surface area contributed by atoms with Crippen LogP contribution in [-0.4, -0.2) is 47.0 Å². The van der Waals surface area contributed by atoms with E-state index >= 15 is 0 Å². The normalized spacial score (nSPS) is 27.5. The molecule has 4 heteroatoms. The second-order valence-corrected chi connectivity index (χ2v) is 5.17. The van der Waals surface area contributed by atoms with Crippen LogP contribution in [-0.2, 0) is 0 Å². The third kappa shape index (κ3) is 4.31. The SMILES string of the molecule is CC(O)(CO)CNCC1CCSC1. The van der Waals surface area contributed by atoms with Crippen LogP contribution in [0.3, 0.4) is 0 Å². The highest BCUT2D eigenvalue weighted by atomic mass is 32.2. The zero-order valence-electron chi connectivity index (χ0n) is 8.12. The standard InChI is InChI=1S/C9H19NO2S/c1-9(12,7-11)6-10-4-8-2-3-13-5-8/h8,10-12H,2-7H2,1H3. The predicted molar refractivity (Wildman–Crippen MR) is 56.0 cm³/mol. The molecule has 1 rings (SSSR count). The van der Waals surface area contributed by atoms with Crippen LogP contribution in [0, 0.1) is 5.92 Å². The number of hydrogen-bond donors (Lipinski definition) is 3. The Morgan fingerprint density at radius 1 is 1.62 bits per heavy atom. The quantitative estimate of drug-likeness (QED) is 0.595. The van der Waals surface area contributed by atoms with Gasteiger partial charge in [0.1, 0.15) is 0 Å². The average Bonchev–Trinajstić information content (AvgIpc) is 2.57. The summed E-state index contributed by atoms with van der Waals surface area (Å²) in [7, 11) is 0. The van der Waals surface area contributed by atoms with Gasteiger partial charge < -0.3 is 15.5 Å². The summed E-state index contributed by atoms with van der Waals surface area (Å²) in [5.41, 5.74) is -0.967. The van der Waals surface area contributed by atoms with E-state index in [1.165, 1.54) is 17.9 Å². The summed E-state index contributed by atoms with van der Waals surface area (Å²) in [6, 6.07) is 0. The van der Waals surface area contributed by atoms with Gasteiger partial charge in [-0.15, -0.1) is 0 Å². The Labute approximate surface area is 83.9 Å². The molecule has 13 heavy (non-hydrogen) atoms. The summed E-state index contributed by atoms with van der Waals surface area (Å²) in [5.74, 6) is 3.25. The van der Waals surface area contributed by atoms with E-state index in [1.54, 1.807) is 6.92 Å². The van der Waals surface area contributed by atoms with Crippen LogP contribution >= 0.6 is 11.8 Å². The van der Waals surface area contributed by atoms with Crippen molar-refractivity contribution in [3.63, 3.8) is 0 Å². The molecular formula is C9H19NO2S. The van der Waals surface area contributed by atoms with E-state index in [1.807, 2.05) is 11.8 Å². The first-order valence-corrected chi connectivity index (χ1v) is 5.91. The molecule has 0 amide bonds. The largest absolute Gasteiger partial charge is 0.393 e. The molecule has 2 unspecified atom stereocenters. The first-order chi connectivity index (χ1) is 6.14. The summed E-state index contributed by atoms with van der Waals surface area (Å²) in [6.07, 6.45) is 1.28. The Bertz CT molecular complexity index is 147. The Hall–Kier alpha value is 0.230. The van der Waals surface area contributed by atoms with Crippen LogP contribution < -0.4 is 5.32 Å². The number of aliphatic hydroxyl groups is 2. The smallest absolute Gasteiger partial charge is 0.0972 e. The van der Waals surface area contributed by atoms with Gasteiger partial charge in [0.05, 0.1) is 12.2 Å². The molecule has 1 saturated heterocycles. The van der Waals surface area contributed by atoms with Crippen molar-refractivity contribution >= 4 is 11.8 Å². The van der Waals surface area contributed by atoms with E-state index in [-0.39, 0.29) is 6.61 Å². The molecular weight excluding hydrogens is 186 g/mol. The minimum atomic E-state index is -0.967. The van der Waals surface area contributed by atoms with E-state index in [9.17, 15) is 5.11 Å². The summed E-state index contributed by atoms with van der Waals surface area (Å²) in [5, 5.41) is 21.5. The van der Waals surface area contributed by atoms with Crippen molar-refractivity contribution in [3.8, 4) is 0 Å². The molecule has 1 aliphatic rings. The van der Waals surface area contributed by atoms with Crippen molar-refractivity contribution in [2.45, 2.75) is 18.9 Å². The highest BCUT2D eigenvalue weighted by molar-refractivity contribution is 7.99. The summed E-state index contributed by atoms with van der Waals surface area (Å²) >= 11 is 1.99. The molecule has 1 heterocycles. The first kappa shape index (κ1) is 11.3. The van der Waals surface area contributed by atoms with Crippen LogP contribution in [0.4, 0.5) is 0 Å². The molecule has 0 aromatic carbocycles. The highest BCUT2D eigenvalue weighted by Crippen LogP contribution is 2.22. The second kappa shape index (κ2) is 5.20. The van der Waals surface area contributed by atoms with Crippen LogP contribution in [0.15, 0.2) is 0 Å². The van der Waals surface area contributed by atoms with E-state index < -0.39 is 5.60 Å². The predicted octanol–water partition coefficient (Wildman–Crippen LogP) is 0.0724. The fourth-order valence-corrected chi connectivity index (χ4v) is 2.63. The molecule has 0 saturated carbocycles. The van der Waals surface area contributed by atoms with Crippen LogP contribution in [0.2, 0.25) is 0 Å². The van der Waals surface area contributed by atoms with E-state index in [0.29, 0.717) is 6.54 Å². The monoisotopic (exact) mass is 205 g/mol. The minimum Gasteiger partial charge on any atom is -0.393 e. The van der Waals surface area contributed by atoms with Crippen molar-refractivity contribution in [3.05, 3.63) is 0 Å². The second-order valence-electron chi connectivity index (χ2n) is 4.02. The van der Waals surface area contributed by atoms with Gasteiger partial charge in [0, 0.05) is 6.54 Å². The lowest BCUT2D eigenvalue weighted by molar-refractivity contribution is 0.00239. The summed E-state index contributed by atoms with van der Waals surface area (Å²) in [4.78, 5) is 0. The van der Waals surface area contributed by atoms with Gasteiger partial charge in [-0.1, -0.05) is 0 Å². The fourth-order valence-electron chi connectivity index (χ4n) is 1.35. The number of aliphatic hydroxyl groups excluding tert-OH is 1. The molecule has 0 bridgehead atoms. The lowest BCUT2D eigenvalue weighted by Crippen LogP contribution is -2.42. The molecule has 1 fully saturated rings. The Kier molecular flexibility index (Phi) is 4.52. The Morgan fingerprint density at radius 2 is 2.38 bits per heavy atom. The average molecular weight is 205 g/mol. The van der Waals surface area contributed by atoms with Gasteiger partial charge in [0.15, 0.2) is 0 Å². The molecule has 2 atom stereocenters. The maximum Gasteiger partial charge on any atom is 0.0972 e. The van der Waals surface area contributed by atoms with E-state index in [2.05, 4.69) is 5.32 Å². The van der Waals surface area contributed by atoms with Gasteiger partial charge in [-0.25, -0.2) is 0 Å². The lowest BCUT2D eigenvalue weighted by Gasteiger charge is -2.21. The van der Waals surface area contributed by atoms with Crippen molar-refractivity contribution in [1.29, 1.82) is 0 Å². The van der Waals surface area contributed by atoms with E-state index in [0.717, 1.165) is 12.5 Å². The number of nitrogens with one attached hydrogen (secondary N) is 1. The van der Waals surface area contributed by atoms with Gasteiger partial charge in [-0.2, -0.15) is 11.8 Å². The topological polar surface area (TPSA) is 52.5 Å². The van der Waals surface area contributed by atoms with Gasteiger partial charge in [0.25, 0.3) is 0 Å². The van der Waals surface area contributed by atoms with Gasteiger partial charge >= 0.3 is 0 Å². The summed E-state index contributed by atoms with van der Waals surface area (Å²) < 4.78 is 0. The molecule has 0 aromatic heterocycles. The van der Waals surface area contributed by atoms with Crippen LogP contribution in [0.5, 0.6) is 0 Å². The zero-order chi connectivity index (χ0) is 9.73. The Morgan fingerprint density at radius 3 is 2.92 bits per heavy atom. The minimum absolute atomic E-state index is 0.181. The highest BCUT2D eigenvalue weighted by Gasteiger charge is 2.20. The van der Waals surface area contributed by atoms with Crippen molar-refractivity contribution < 1.29 is 10.2 Å². The van der Waals surface area contributed by atoms with Gasteiger partial charge in [-0.3, -0.25) is 0 Å². The third-order valence-corrected chi connectivity index (χ3v) is 3.53. The zero-order valence-corrected chi connectivity index (χ0v) is 8.94. The fraction of sp³-hybridized carbons (Fsp3) is 1.00. The lowest BCUT2D eigenvalue weighted by atomic mass is 10.1. The molecule has 0 aliphatic carbocycles. The molecule has 78 valence electrons. The first-order valence-electron chi connectivity index (χ1n) is 4.76. The van der Waals surface area contributed by atoms with Crippen molar-refractivity contribution in [1.82, 2.24) is 5.32 Å². The molecule has 3 nitrogen and oxygen atoms in total. The molecule has 0 spiro atoms. The molecule has 0 aromatic rings. The number of rotatable bonds is 5. The van der Waals surface area contributed by atoms with Gasteiger partial charge in [-0.05, 0) is 37.3 Å². The van der Waals surface area contributed by atoms with Crippen LogP contribution in [0.25, 0.3) is 0 Å². The van der Waals surface area contributed by atoms with Crippen molar-refractivity contribution in [2.24, 2.45) is 5.92 Å². The third-order valence-electron chi connectivity index (χ3n) is 2.30. The number of thioether (sulfide) groups is 1. The van der Waals surface area contributed by atoms with Crippen LogP contribution in [0.1, 0.15) is 13.3 Å². The van der Waals surface area contributed by atoms with Gasteiger partial charge in [0.2, 0.25) is 0 Å². The molecule has 0 radical (unpaired) electrons. The maximum absolute atomic E-state index is 9.48. The maximum atomic E-state index is 9.48. The van der Waals surface area contributed by atoms with Crippen molar-refractivity contribution in [2.75, 3.05) is 31.2 Å². The summed E-state index contributed by atoms with van der Waals surface area (Å²) in [6.45, 7) is 2.90. The molecule has 3 N–H and O–H groups in total. The Balaban J connectivity index is 2.06. The number of hydrogen-bond acceptors (Lipinski definition) is 4.